The molecule has 0 fully saturated rings. The number of nitro benzene ring substituents is 1. The molecular weight excluding hydrogens is 484 g/mol. The van der Waals surface area contributed by atoms with Gasteiger partial charge in [0.1, 0.15) is 5.01 Å². The van der Waals surface area contributed by atoms with Crippen LogP contribution in [-0.4, -0.2) is 32.8 Å². The summed E-state index contributed by atoms with van der Waals surface area (Å²) in [6.07, 6.45) is 0. The summed E-state index contributed by atoms with van der Waals surface area (Å²) >= 11 is 1.11. The molecule has 180 valence electrons. The third-order valence-corrected chi connectivity index (χ3v) is 5.72. The summed E-state index contributed by atoms with van der Waals surface area (Å²) < 4.78 is 0. The second kappa shape index (κ2) is 10.5. The van der Waals surface area contributed by atoms with E-state index in [9.17, 15) is 24.5 Å². The zero-order valence-corrected chi connectivity index (χ0v) is 19.5. The highest BCUT2D eigenvalue weighted by Gasteiger charge is 2.15. The van der Waals surface area contributed by atoms with E-state index in [1.54, 1.807) is 54.6 Å². The second-order valence-corrected chi connectivity index (χ2v) is 8.41. The van der Waals surface area contributed by atoms with Gasteiger partial charge in [0.25, 0.3) is 17.5 Å². The minimum absolute atomic E-state index is 0.0395. The van der Waals surface area contributed by atoms with Crippen molar-refractivity contribution in [2.45, 2.75) is 6.92 Å². The molecule has 4 rings (SSSR count). The quantitative estimate of drug-likeness (QED) is 0.247. The molecule has 3 aromatic carbocycles. The molecule has 12 heteroatoms. The smallest absolute Gasteiger partial charge is 0.269 e. The van der Waals surface area contributed by atoms with Gasteiger partial charge in [0.15, 0.2) is 0 Å². The molecule has 0 aliphatic rings. The summed E-state index contributed by atoms with van der Waals surface area (Å²) in [5.74, 6) is -1.22. The molecule has 1 heterocycles. The number of hydrogen-bond acceptors (Lipinski definition) is 8. The van der Waals surface area contributed by atoms with E-state index in [4.69, 9.17) is 0 Å². The second-order valence-electron chi connectivity index (χ2n) is 7.43. The number of aromatic nitrogens is 2. The number of benzene rings is 3. The van der Waals surface area contributed by atoms with E-state index in [1.165, 1.54) is 25.1 Å². The molecule has 0 atom stereocenters. The van der Waals surface area contributed by atoms with Crippen LogP contribution in [0.5, 0.6) is 0 Å². The predicted octanol–water partition coefficient (Wildman–Crippen LogP) is 4.58. The van der Waals surface area contributed by atoms with Gasteiger partial charge in [0.05, 0.1) is 16.2 Å². The number of anilines is 3. The Morgan fingerprint density at radius 2 is 1.61 bits per heavy atom. The molecule has 0 bridgehead atoms. The number of hydrogen-bond donors (Lipinski definition) is 3. The zero-order valence-electron chi connectivity index (χ0n) is 18.7. The van der Waals surface area contributed by atoms with Gasteiger partial charge in [-0.15, -0.1) is 10.2 Å². The van der Waals surface area contributed by atoms with Gasteiger partial charge < -0.3 is 10.6 Å². The maximum Gasteiger partial charge on any atom is 0.269 e. The highest BCUT2D eigenvalue weighted by atomic mass is 32.1. The van der Waals surface area contributed by atoms with Crippen LogP contribution in [0.1, 0.15) is 27.6 Å². The van der Waals surface area contributed by atoms with E-state index in [1.807, 2.05) is 0 Å². The molecule has 0 saturated carbocycles. The molecule has 0 aliphatic heterocycles. The average molecular weight is 503 g/mol. The molecule has 3 N–H and O–H groups in total. The molecule has 0 spiro atoms. The first-order valence-corrected chi connectivity index (χ1v) is 11.3. The number of carbonyl (C=O) groups is 3. The lowest BCUT2D eigenvalue weighted by molar-refractivity contribution is -0.384. The van der Waals surface area contributed by atoms with Crippen molar-refractivity contribution in [3.8, 4) is 10.6 Å². The van der Waals surface area contributed by atoms with Crippen molar-refractivity contribution in [1.82, 2.24) is 10.2 Å². The van der Waals surface area contributed by atoms with Crippen molar-refractivity contribution >= 4 is 51.3 Å². The Morgan fingerprint density at radius 1 is 0.861 bits per heavy atom. The Hall–Kier alpha value is -4.97. The van der Waals surface area contributed by atoms with Gasteiger partial charge in [-0.3, -0.25) is 29.8 Å². The molecule has 0 unspecified atom stereocenters. The topological polar surface area (TPSA) is 156 Å². The summed E-state index contributed by atoms with van der Waals surface area (Å²) in [6, 6.07) is 18.8. The SMILES string of the molecule is CC(=O)Nc1ccccc1C(=O)Nc1cccc(C(=O)Nc2nnc(-c3ccc([N+](=O)[O-])cc3)s2)c1. The third kappa shape index (κ3) is 5.74. The van der Waals surface area contributed by atoms with E-state index in [0.717, 1.165) is 11.3 Å². The van der Waals surface area contributed by atoms with E-state index in [2.05, 4.69) is 26.1 Å². The van der Waals surface area contributed by atoms with Gasteiger partial charge in [0, 0.05) is 35.9 Å². The fourth-order valence-electron chi connectivity index (χ4n) is 3.20. The monoisotopic (exact) mass is 502 g/mol. The van der Waals surface area contributed by atoms with Crippen LogP contribution in [0.4, 0.5) is 22.2 Å². The maximum atomic E-state index is 12.8. The average Bonchev–Trinajstić information content (AvgIpc) is 3.32. The molecule has 1 aromatic heterocycles. The van der Waals surface area contributed by atoms with Crippen molar-refractivity contribution < 1.29 is 19.3 Å². The number of amides is 3. The summed E-state index contributed by atoms with van der Waals surface area (Å²) in [4.78, 5) is 47.3. The zero-order chi connectivity index (χ0) is 25.7. The van der Waals surface area contributed by atoms with Gasteiger partial charge >= 0.3 is 0 Å². The minimum atomic E-state index is -0.492. The van der Waals surface area contributed by atoms with Crippen LogP contribution in [0.25, 0.3) is 10.6 Å². The van der Waals surface area contributed by atoms with Gasteiger partial charge in [0.2, 0.25) is 11.0 Å². The minimum Gasteiger partial charge on any atom is -0.326 e. The van der Waals surface area contributed by atoms with Crippen molar-refractivity contribution in [1.29, 1.82) is 0 Å². The fourth-order valence-corrected chi connectivity index (χ4v) is 3.95. The van der Waals surface area contributed by atoms with Gasteiger partial charge in [-0.05, 0) is 42.5 Å². The van der Waals surface area contributed by atoms with Crippen LogP contribution in [0.3, 0.4) is 0 Å². The number of rotatable bonds is 7. The lowest BCUT2D eigenvalue weighted by Gasteiger charge is -2.11. The number of nitrogens with one attached hydrogen (secondary N) is 3. The van der Waals surface area contributed by atoms with Crippen LogP contribution < -0.4 is 16.0 Å². The molecule has 3 amide bonds. The highest BCUT2D eigenvalue weighted by molar-refractivity contribution is 7.18. The molecule has 11 nitrogen and oxygen atoms in total. The number of para-hydroxylation sites is 1. The summed E-state index contributed by atoms with van der Waals surface area (Å²) in [5, 5.41) is 27.5. The number of nitro groups is 1. The first-order valence-electron chi connectivity index (χ1n) is 10.5. The standard InChI is InChI=1S/C24H18N6O5S/c1-14(31)25-20-8-3-2-7-19(20)22(33)26-17-6-4-5-16(13-17)21(32)27-24-29-28-23(36-24)15-9-11-18(12-10-15)30(34)35/h2-13H,1H3,(H,25,31)(H,26,33)(H,27,29,32). The van der Waals surface area contributed by atoms with Crippen molar-refractivity contribution in [2.75, 3.05) is 16.0 Å². The van der Waals surface area contributed by atoms with Crippen LogP contribution in [-0.2, 0) is 4.79 Å². The van der Waals surface area contributed by atoms with Crippen LogP contribution >= 0.6 is 11.3 Å². The summed E-state index contributed by atoms with van der Waals surface area (Å²) in [7, 11) is 0. The summed E-state index contributed by atoms with van der Waals surface area (Å²) in [6.45, 7) is 1.35. The lowest BCUT2D eigenvalue weighted by atomic mass is 10.1. The van der Waals surface area contributed by atoms with E-state index >= 15 is 0 Å². The van der Waals surface area contributed by atoms with E-state index in [0.29, 0.717) is 21.9 Å². The molecule has 0 aliphatic carbocycles. The van der Waals surface area contributed by atoms with Crippen molar-refractivity contribution in [2.24, 2.45) is 0 Å². The largest absolute Gasteiger partial charge is 0.326 e. The number of carbonyl (C=O) groups excluding carboxylic acids is 3. The van der Waals surface area contributed by atoms with E-state index in [-0.39, 0.29) is 27.9 Å². The van der Waals surface area contributed by atoms with Crippen molar-refractivity contribution in [3.63, 3.8) is 0 Å². The molecule has 4 aromatic rings. The maximum absolute atomic E-state index is 12.8. The van der Waals surface area contributed by atoms with Crippen LogP contribution in [0, 0.1) is 10.1 Å². The molecule has 0 saturated heterocycles. The van der Waals surface area contributed by atoms with Gasteiger partial charge in [-0.1, -0.05) is 29.5 Å². The Labute approximate surface area is 208 Å². The highest BCUT2D eigenvalue weighted by Crippen LogP contribution is 2.28. The molecular formula is C24H18N6O5S. The predicted molar refractivity (Wildman–Crippen MR) is 135 cm³/mol. The van der Waals surface area contributed by atoms with Crippen LogP contribution in [0.15, 0.2) is 72.8 Å². The normalized spacial score (nSPS) is 10.4. The Bertz CT molecular complexity index is 1470. The van der Waals surface area contributed by atoms with Gasteiger partial charge in [-0.25, -0.2) is 0 Å². The third-order valence-electron chi connectivity index (χ3n) is 4.84. The molecule has 36 heavy (non-hydrogen) atoms. The summed E-state index contributed by atoms with van der Waals surface area (Å²) in [5.41, 5.74) is 1.89. The van der Waals surface area contributed by atoms with E-state index < -0.39 is 16.7 Å². The molecule has 0 radical (unpaired) electrons. The Morgan fingerprint density at radius 3 is 2.33 bits per heavy atom. The van der Waals surface area contributed by atoms with Crippen molar-refractivity contribution in [3.05, 3.63) is 94.0 Å². The first kappa shape index (κ1) is 24.2. The number of non-ortho nitro benzene ring substituents is 1. The Kier molecular flexibility index (Phi) is 7.07. The fraction of sp³-hybridized carbons (Fsp3) is 0.0417. The van der Waals surface area contributed by atoms with Gasteiger partial charge in [-0.2, -0.15) is 0 Å². The Balaban J connectivity index is 1.45. The lowest BCUT2D eigenvalue weighted by Crippen LogP contribution is -2.17. The van der Waals surface area contributed by atoms with Crippen LogP contribution in [0.2, 0.25) is 0 Å². The number of nitrogens with zero attached hydrogens (tertiary/aromatic N) is 3. The first-order chi connectivity index (χ1) is 17.3.